The molecule has 1 aliphatic heterocycles. The summed E-state index contributed by atoms with van der Waals surface area (Å²) in [6, 6.07) is 5.23. The van der Waals surface area contributed by atoms with Gasteiger partial charge >= 0.3 is 5.97 Å². The van der Waals surface area contributed by atoms with E-state index < -0.39 is 5.97 Å². The molecular weight excluding hydrogens is 208 g/mol. The maximum Gasteiger partial charge on any atom is 0.305 e. The van der Waals surface area contributed by atoms with Gasteiger partial charge in [-0.3, -0.25) is 9.59 Å². The zero-order chi connectivity index (χ0) is 11.7. The first-order valence-corrected chi connectivity index (χ1v) is 4.98. The van der Waals surface area contributed by atoms with E-state index in [1.165, 1.54) is 4.90 Å². The molecule has 1 aromatic rings. The number of nitrogens with zero attached hydrogens (tertiary/aromatic N) is 1. The van der Waals surface area contributed by atoms with Gasteiger partial charge in [0.15, 0.2) is 0 Å². The third-order valence-corrected chi connectivity index (χ3v) is 2.59. The van der Waals surface area contributed by atoms with Crippen LogP contribution in [0.4, 0.5) is 11.4 Å². The molecular formula is C11H12N2O3. The monoisotopic (exact) mass is 220 g/mol. The number of carbonyl (C=O) groups excluding carboxylic acids is 1. The second-order valence-corrected chi connectivity index (χ2v) is 3.75. The van der Waals surface area contributed by atoms with E-state index in [2.05, 4.69) is 0 Å². The lowest BCUT2D eigenvalue weighted by atomic mass is 10.1. The lowest BCUT2D eigenvalue weighted by Crippen LogP contribution is -2.29. The highest BCUT2D eigenvalue weighted by Crippen LogP contribution is 2.30. The number of fused-ring (bicyclic) bond motifs is 1. The zero-order valence-corrected chi connectivity index (χ0v) is 8.64. The van der Waals surface area contributed by atoms with E-state index in [1.807, 2.05) is 0 Å². The Morgan fingerprint density at radius 3 is 2.94 bits per heavy atom. The minimum absolute atomic E-state index is 0.0461. The molecule has 0 spiro atoms. The van der Waals surface area contributed by atoms with E-state index in [0.29, 0.717) is 12.1 Å². The van der Waals surface area contributed by atoms with Crippen LogP contribution >= 0.6 is 0 Å². The maximum absolute atomic E-state index is 11.6. The van der Waals surface area contributed by atoms with Gasteiger partial charge in [0.1, 0.15) is 0 Å². The van der Waals surface area contributed by atoms with Crippen LogP contribution in [-0.2, 0) is 16.0 Å². The standard InChI is InChI=1S/C11H12N2O3/c12-8-1-2-9-7(5-8)6-10(14)13(9)4-3-11(15)16/h1-2,5H,3-4,6,12H2,(H,15,16). The summed E-state index contributed by atoms with van der Waals surface area (Å²) < 4.78 is 0. The van der Waals surface area contributed by atoms with Crippen molar-refractivity contribution in [3.63, 3.8) is 0 Å². The number of aliphatic carboxylic acids is 1. The molecule has 0 fully saturated rings. The highest BCUT2D eigenvalue weighted by molar-refractivity contribution is 6.02. The van der Waals surface area contributed by atoms with Crippen molar-refractivity contribution in [1.82, 2.24) is 0 Å². The van der Waals surface area contributed by atoms with Crippen LogP contribution in [0.5, 0.6) is 0 Å². The molecule has 84 valence electrons. The zero-order valence-electron chi connectivity index (χ0n) is 8.64. The van der Waals surface area contributed by atoms with Crippen molar-refractivity contribution in [3.05, 3.63) is 23.8 Å². The van der Waals surface area contributed by atoms with E-state index in [9.17, 15) is 9.59 Å². The summed E-state index contributed by atoms with van der Waals surface area (Å²) in [6.07, 6.45) is 0.259. The minimum Gasteiger partial charge on any atom is -0.481 e. The molecule has 1 aliphatic rings. The third-order valence-electron chi connectivity index (χ3n) is 2.59. The molecule has 0 aromatic heterocycles. The van der Waals surface area contributed by atoms with Crippen LogP contribution in [0, 0.1) is 0 Å². The number of anilines is 2. The Hall–Kier alpha value is -2.04. The maximum atomic E-state index is 11.6. The molecule has 16 heavy (non-hydrogen) atoms. The first kappa shape index (κ1) is 10.5. The Morgan fingerprint density at radius 2 is 2.25 bits per heavy atom. The van der Waals surface area contributed by atoms with Gasteiger partial charge in [0.05, 0.1) is 12.8 Å². The largest absolute Gasteiger partial charge is 0.481 e. The molecule has 1 heterocycles. The average molecular weight is 220 g/mol. The number of nitrogens with two attached hydrogens (primary N) is 1. The van der Waals surface area contributed by atoms with Gasteiger partial charge in [-0.05, 0) is 23.8 Å². The van der Waals surface area contributed by atoms with Gasteiger partial charge in [-0.2, -0.15) is 0 Å². The molecule has 1 aromatic carbocycles. The molecule has 2 rings (SSSR count). The van der Waals surface area contributed by atoms with Crippen LogP contribution in [-0.4, -0.2) is 23.5 Å². The third kappa shape index (κ3) is 1.84. The molecule has 0 radical (unpaired) electrons. The quantitative estimate of drug-likeness (QED) is 0.732. The Morgan fingerprint density at radius 1 is 1.50 bits per heavy atom. The molecule has 0 unspecified atom stereocenters. The predicted octanol–water partition coefficient (Wildman–Crippen LogP) is 0.633. The lowest BCUT2D eigenvalue weighted by Gasteiger charge is -2.16. The van der Waals surface area contributed by atoms with Crippen molar-refractivity contribution in [1.29, 1.82) is 0 Å². The smallest absolute Gasteiger partial charge is 0.305 e. The normalized spacial score (nSPS) is 14.0. The molecule has 5 heteroatoms. The topological polar surface area (TPSA) is 83.6 Å². The summed E-state index contributed by atoms with van der Waals surface area (Å²) in [5.41, 5.74) is 7.89. The number of carbonyl (C=O) groups is 2. The van der Waals surface area contributed by atoms with Crippen molar-refractivity contribution >= 4 is 23.3 Å². The number of carboxylic acid groups (broad SMARTS) is 1. The number of carboxylic acids is 1. The van der Waals surface area contributed by atoms with Crippen LogP contribution in [0.25, 0.3) is 0 Å². The van der Waals surface area contributed by atoms with Crippen LogP contribution in [0.15, 0.2) is 18.2 Å². The fourth-order valence-corrected chi connectivity index (χ4v) is 1.86. The summed E-state index contributed by atoms with van der Waals surface area (Å²) in [6.45, 7) is 0.213. The lowest BCUT2D eigenvalue weighted by molar-refractivity contribution is -0.136. The number of benzene rings is 1. The van der Waals surface area contributed by atoms with Crippen molar-refractivity contribution in [3.8, 4) is 0 Å². The van der Waals surface area contributed by atoms with Crippen molar-refractivity contribution in [2.45, 2.75) is 12.8 Å². The van der Waals surface area contributed by atoms with E-state index in [1.54, 1.807) is 18.2 Å². The molecule has 0 aliphatic carbocycles. The highest BCUT2D eigenvalue weighted by Gasteiger charge is 2.27. The second-order valence-electron chi connectivity index (χ2n) is 3.75. The molecule has 1 amide bonds. The van der Waals surface area contributed by atoms with Crippen molar-refractivity contribution in [2.75, 3.05) is 17.2 Å². The molecule has 3 N–H and O–H groups in total. The minimum atomic E-state index is -0.906. The van der Waals surface area contributed by atoms with Crippen molar-refractivity contribution in [2.24, 2.45) is 0 Å². The van der Waals surface area contributed by atoms with Gasteiger partial charge in [0.2, 0.25) is 5.91 Å². The van der Waals surface area contributed by atoms with Gasteiger partial charge in [-0.25, -0.2) is 0 Å². The Kier molecular flexibility index (Phi) is 2.52. The van der Waals surface area contributed by atoms with Gasteiger partial charge in [-0.1, -0.05) is 0 Å². The molecule has 0 saturated carbocycles. The number of rotatable bonds is 3. The molecule has 5 nitrogen and oxygen atoms in total. The highest BCUT2D eigenvalue weighted by atomic mass is 16.4. The van der Waals surface area contributed by atoms with Gasteiger partial charge in [0, 0.05) is 17.9 Å². The van der Waals surface area contributed by atoms with Crippen LogP contribution in [0.1, 0.15) is 12.0 Å². The van der Waals surface area contributed by atoms with E-state index >= 15 is 0 Å². The summed E-state index contributed by atoms with van der Waals surface area (Å²) in [7, 11) is 0. The number of hydrogen-bond donors (Lipinski definition) is 2. The molecule has 0 bridgehead atoms. The second kappa shape index (κ2) is 3.84. The molecule has 0 atom stereocenters. The van der Waals surface area contributed by atoms with E-state index in [-0.39, 0.29) is 18.9 Å². The first-order chi connectivity index (χ1) is 7.58. The summed E-state index contributed by atoms with van der Waals surface area (Å²) in [5.74, 6) is -0.974. The van der Waals surface area contributed by atoms with Crippen LogP contribution < -0.4 is 10.6 Å². The van der Waals surface area contributed by atoms with Crippen LogP contribution in [0.3, 0.4) is 0 Å². The van der Waals surface area contributed by atoms with Crippen LogP contribution in [0.2, 0.25) is 0 Å². The fourth-order valence-electron chi connectivity index (χ4n) is 1.86. The van der Waals surface area contributed by atoms with E-state index in [4.69, 9.17) is 10.8 Å². The average Bonchev–Trinajstić information content (AvgIpc) is 2.50. The Bertz CT molecular complexity index is 457. The summed E-state index contributed by atoms with van der Waals surface area (Å²) in [4.78, 5) is 23.6. The van der Waals surface area contributed by atoms with Gasteiger partial charge in [0.25, 0.3) is 0 Å². The number of nitrogen functional groups attached to an aromatic ring is 1. The predicted molar refractivity (Wildman–Crippen MR) is 59.2 cm³/mol. The Labute approximate surface area is 92.5 Å². The van der Waals surface area contributed by atoms with Crippen molar-refractivity contribution < 1.29 is 14.7 Å². The van der Waals surface area contributed by atoms with E-state index in [0.717, 1.165) is 11.3 Å². The number of hydrogen-bond acceptors (Lipinski definition) is 3. The Balaban J connectivity index is 2.22. The first-order valence-electron chi connectivity index (χ1n) is 4.98. The summed E-state index contributed by atoms with van der Waals surface area (Å²) >= 11 is 0. The molecule has 0 saturated heterocycles. The fraction of sp³-hybridized carbons (Fsp3) is 0.273. The van der Waals surface area contributed by atoms with Gasteiger partial charge in [-0.15, -0.1) is 0 Å². The SMILES string of the molecule is Nc1ccc2c(c1)CC(=O)N2CCC(=O)O. The summed E-state index contributed by atoms with van der Waals surface area (Å²) in [5, 5.41) is 8.59. The van der Waals surface area contributed by atoms with Gasteiger partial charge < -0.3 is 15.7 Å². The number of amides is 1.